The lowest BCUT2D eigenvalue weighted by molar-refractivity contribution is 0.0927. The van der Waals surface area contributed by atoms with E-state index in [4.69, 9.17) is 0 Å². The number of hydrogen-bond acceptors (Lipinski definition) is 2. The fraction of sp³-hybridized carbons (Fsp3) is 0.500. The van der Waals surface area contributed by atoms with Crippen LogP contribution in [0.3, 0.4) is 0 Å². The average molecular weight is 237 g/mol. The largest absolute Gasteiger partial charge is 0.298 e. The zero-order chi connectivity index (χ0) is 13.1. The Morgan fingerprint density at radius 1 is 1.24 bits per heavy atom. The molecular weight excluding hydrogens is 217 g/mol. The van der Waals surface area contributed by atoms with E-state index in [0.29, 0.717) is 12.1 Å². The third-order valence-electron chi connectivity index (χ3n) is 2.32. The van der Waals surface area contributed by atoms with Crippen molar-refractivity contribution < 1.29 is 9.18 Å². The topological polar surface area (TPSA) is 20.3 Å². The van der Waals surface area contributed by atoms with Gasteiger partial charge < -0.3 is 0 Å². The number of benzene rings is 1. The fourth-order valence-electron chi connectivity index (χ4n) is 1.84. The van der Waals surface area contributed by atoms with Gasteiger partial charge in [0.15, 0.2) is 5.78 Å². The van der Waals surface area contributed by atoms with Gasteiger partial charge in [-0.15, -0.1) is 0 Å². The quantitative estimate of drug-likeness (QED) is 0.750. The van der Waals surface area contributed by atoms with Crippen LogP contribution in [0.4, 0.5) is 4.39 Å². The minimum atomic E-state index is -0.315. The molecule has 3 heteroatoms. The molecule has 0 saturated heterocycles. The normalized spacial score (nSPS) is 11.9. The van der Waals surface area contributed by atoms with Crippen LogP contribution in [-0.4, -0.2) is 30.8 Å². The van der Waals surface area contributed by atoms with Gasteiger partial charge in [-0.2, -0.15) is 0 Å². The Bertz CT molecular complexity index is 378. The van der Waals surface area contributed by atoms with E-state index in [1.54, 1.807) is 0 Å². The Kier molecular flexibility index (Phi) is 4.40. The van der Waals surface area contributed by atoms with E-state index >= 15 is 0 Å². The smallest absolute Gasteiger partial charge is 0.176 e. The van der Waals surface area contributed by atoms with Gasteiger partial charge in [0, 0.05) is 12.1 Å². The predicted octanol–water partition coefficient (Wildman–Crippen LogP) is 2.99. The summed E-state index contributed by atoms with van der Waals surface area (Å²) in [5, 5.41) is 0. The van der Waals surface area contributed by atoms with Gasteiger partial charge in [0.1, 0.15) is 5.82 Å². The van der Waals surface area contributed by atoms with E-state index in [0.717, 1.165) is 6.54 Å². The number of carbonyl (C=O) groups is 1. The maximum atomic E-state index is 12.7. The van der Waals surface area contributed by atoms with Crippen LogP contribution >= 0.6 is 0 Å². The number of rotatable bonds is 4. The molecule has 0 aliphatic rings. The van der Waals surface area contributed by atoms with Crippen molar-refractivity contribution in [2.75, 3.05) is 20.1 Å². The first kappa shape index (κ1) is 13.8. The van der Waals surface area contributed by atoms with Gasteiger partial charge in [-0.25, -0.2) is 4.39 Å². The summed E-state index contributed by atoms with van der Waals surface area (Å²) >= 11 is 0. The Balaban J connectivity index is 2.57. The van der Waals surface area contributed by atoms with Crippen LogP contribution in [0, 0.1) is 11.2 Å². The minimum absolute atomic E-state index is 0.0248. The molecule has 94 valence electrons. The highest BCUT2D eigenvalue weighted by Gasteiger charge is 2.16. The molecule has 0 radical (unpaired) electrons. The van der Waals surface area contributed by atoms with Gasteiger partial charge >= 0.3 is 0 Å². The summed E-state index contributed by atoms with van der Waals surface area (Å²) in [5.41, 5.74) is 0.727. The maximum Gasteiger partial charge on any atom is 0.176 e. The number of nitrogens with zero attached hydrogens (tertiary/aromatic N) is 1. The van der Waals surface area contributed by atoms with E-state index in [1.165, 1.54) is 24.3 Å². The zero-order valence-electron chi connectivity index (χ0n) is 11.0. The standard InChI is InChI=1S/C14H20FNO/c1-14(2,3)10-16(4)9-13(17)11-5-7-12(15)8-6-11/h5-8H,9-10H2,1-4H3. The molecule has 0 unspecified atom stereocenters. The summed E-state index contributed by atoms with van der Waals surface area (Å²) in [6, 6.07) is 5.69. The van der Waals surface area contributed by atoms with Gasteiger partial charge in [0.25, 0.3) is 0 Å². The summed E-state index contributed by atoms with van der Waals surface area (Å²) in [4.78, 5) is 13.9. The molecule has 0 aromatic heterocycles. The summed E-state index contributed by atoms with van der Waals surface area (Å²) in [5.74, 6) is -0.290. The molecule has 17 heavy (non-hydrogen) atoms. The lowest BCUT2D eigenvalue weighted by Crippen LogP contribution is -2.33. The van der Waals surface area contributed by atoms with Gasteiger partial charge in [0.2, 0.25) is 0 Å². The lowest BCUT2D eigenvalue weighted by Gasteiger charge is -2.25. The molecular formula is C14H20FNO. The van der Waals surface area contributed by atoms with Crippen molar-refractivity contribution in [3.63, 3.8) is 0 Å². The number of hydrogen-bond donors (Lipinski definition) is 0. The van der Waals surface area contributed by atoms with Crippen molar-refractivity contribution >= 4 is 5.78 Å². The second-order valence-electron chi connectivity index (χ2n) is 5.66. The third-order valence-corrected chi connectivity index (χ3v) is 2.32. The summed E-state index contributed by atoms with van der Waals surface area (Å²) < 4.78 is 12.7. The number of likely N-dealkylation sites (N-methyl/N-ethyl adjacent to an activating group) is 1. The first-order chi connectivity index (χ1) is 7.78. The number of carbonyl (C=O) groups excluding carboxylic acids is 1. The molecule has 0 heterocycles. The fourth-order valence-corrected chi connectivity index (χ4v) is 1.84. The second-order valence-corrected chi connectivity index (χ2v) is 5.66. The number of Topliss-reactive ketones (excluding diaryl/α,β-unsaturated/α-hetero) is 1. The monoisotopic (exact) mass is 237 g/mol. The molecule has 0 bridgehead atoms. The van der Waals surface area contributed by atoms with Gasteiger partial charge in [0.05, 0.1) is 6.54 Å². The van der Waals surface area contributed by atoms with Crippen LogP contribution < -0.4 is 0 Å². The van der Waals surface area contributed by atoms with Crippen molar-refractivity contribution in [3.8, 4) is 0 Å². The molecule has 1 aromatic carbocycles. The Hall–Kier alpha value is -1.22. The van der Waals surface area contributed by atoms with Gasteiger partial charge in [-0.05, 0) is 36.7 Å². The summed E-state index contributed by atoms with van der Waals surface area (Å²) in [6.45, 7) is 7.60. The first-order valence-corrected chi connectivity index (χ1v) is 5.75. The van der Waals surface area contributed by atoms with Gasteiger partial charge in [-0.3, -0.25) is 9.69 Å². The van der Waals surface area contributed by atoms with Crippen molar-refractivity contribution in [2.45, 2.75) is 20.8 Å². The molecule has 0 atom stereocenters. The Morgan fingerprint density at radius 3 is 2.24 bits per heavy atom. The molecule has 2 nitrogen and oxygen atoms in total. The molecule has 0 spiro atoms. The molecule has 0 saturated carbocycles. The average Bonchev–Trinajstić information content (AvgIpc) is 2.15. The number of ketones is 1. The molecule has 0 aliphatic carbocycles. The van der Waals surface area contributed by atoms with Crippen LogP contribution in [0.2, 0.25) is 0 Å². The summed E-state index contributed by atoms with van der Waals surface area (Å²) in [6.07, 6.45) is 0. The SMILES string of the molecule is CN(CC(=O)c1ccc(F)cc1)CC(C)(C)C. The van der Waals surface area contributed by atoms with Crippen LogP contribution in [0.15, 0.2) is 24.3 Å². The lowest BCUT2D eigenvalue weighted by atomic mass is 9.96. The summed E-state index contributed by atoms with van der Waals surface area (Å²) in [7, 11) is 1.92. The van der Waals surface area contributed by atoms with E-state index < -0.39 is 0 Å². The molecule has 0 aliphatic heterocycles. The zero-order valence-corrected chi connectivity index (χ0v) is 11.0. The molecule has 1 aromatic rings. The van der Waals surface area contributed by atoms with Crippen LogP contribution in [0.25, 0.3) is 0 Å². The number of halogens is 1. The molecule has 0 N–H and O–H groups in total. The highest BCUT2D eigenvalue weighted by atomic mass is 19.1. The Labute approximate surface area is 102 Å². The second kappa shape index (κ2) is 5.41. The minimum Gasteiger partial charge on any atom is -0.298 e. The van der Waals surface area contributed by atoms with E-state index in [1.807, 2.05) is 11.9 Å². The van der Waals surface area contributed by atoms with E-state index in [-0.39, 0.29) is 17.0 Å². The van der Waals surface area contributed by atoms with Crippen LogP contribution in [0.5, 0.6) is 0 Å². The molecule has 0 amide bonds. The predicted molar refractivity (Wildman–Crippen MR) is 67.7 cm³/mol. The van der Waals surface area contributed by atoms with Crippen molar-refractivity contribution in [1.82, 2.24) is 4.90 Å². The highest BCUT2D eigenvalue weighted by molar-refractivity contribution is 5.97. The van der Waals surface area contributed by atoms with E-state index in [2.05, 4.69) is 20.8 Å². The van der Waals surface area contributed by atoms with Crippen LogP contribution in [0.1, 0.15) is 31.1 Å². The third kappa shape index (κ3) is 5.09. The van der Waals surface area contributed by atoms with Gasteiger partial charge in [-0.1, -0.05) is 20.8 Å². The van der Waals surface area contributed by atoms with E-state index in [9.17, 15) is 9.18 Å². The maximum absolute atomic E-state index is 12.7. The highest BCUT2D eigenvalue weighted by Crippen LogP contribution is 2.14. The van der Waals surface area contributed by atoms with Crippen molar-refractivity contribution in [1.29, 1.82) is 0 Å². The Morgan fingerprint density at radius 2 is 1.76 bits per heavy atom. The van der Waals surface area contributed by atoms with Crippen LogP contribution in [-0.2, 0) is 0 Å². The first-order valence-electron chi connectivity index (χ1n) is 5.75. The molecule has 1 rings (SSSR count). The van der Waals surface area contributed by atoms with Crippen molar-refractivity contribution in [3.05, 3.63) is 35.6 Å². The molecule has 0 fully saturated rings. The van der Waals surface area contributed by atoms with Crippen molar-refractivity contribution in [2.24, 2.45) is 5.41 Å².